The maximum absolute atomic E-state index is 13.9. The van der Waals surface area contributed by atoms with E-state index in [1.165, 1.54) is 9.80 Å². The molecular weight excluding hydrogens is 434 g/mol. The van der Waals surface area contributed by atoms with Crippen LogP contribution in [0.25, 0.3) is 11.4 Å². The summed E-state index contributed by atoms with van der Waals surface area (Å²) in [5.74, 6) is -1.87. The van der Waals surface area contributed by atoms with Crippen LogP contribution in [0.3, 0.4) is 0 Å². The number of Topliss-reactive ketones (excluding diaryl/α,β-unsaturated/α-hetero) is 1. The molecule has 1 amide bonds. The average molecular weight is 462 g/mol. The Morgan fingerprint density at radius 2 is 2.00 bits per heavy atom. The van der Waals surface area contributed by atoms with Gasteiger partial charge < -0.3 is 24.0 Å². The first-order chi connectivity index (χ1) is 16.5. The molecule has 34 heavy (non-hydrogen) atoms. The number of nitrogens with one attached hydrogen (secondary N) is 1. The van der Waals surface area contributed by atoms with E-state index in [4.69, 9.17) is 4.74 Å². The van der Waals surface area contributed by atoms with Crippen LogP contribution in [0.2, 0.25) is 0 Å². The second kappa shape index (κ2) is 9.00. The summed E-state index contributed by atoms with van der Waals surface area (Å²) in [5, 5.41) is 13.9. The number of likely N-dealkylation sites (tertiary alicyclic amines) is 1. The minimum Gasteiger partial charge on any atom is -0.871 e. The van der Waals surface area contributed by atoms with E-state index in [1.54, 1.807) is 42.0 Å². The number of imidazole rings is 1. The Bertz CT molecular complexity index is 1280. The smallest absolute Gasteiger partial charge is 0.295 e. The molecule has 0 aliphatic carbocycles. The van der Waals surface area contributed by atoms with Crippen molar-refractivity contribution in [2.45, 2.75) is 19.9 Å². The third-order valence-corrected chi connectivity index (χ3v) is 6.67. The number of ketones is 1. The molecule has 0 bridgehead atoms. The lowest BCUT2D eigenvalue weighted by Crippen LogP contribution is -3.14. The minimum absolute atomic E-state index is 0.0404. The number of pyridine rings is 2. The fourth-order valence-electron chi connectivity index (χ4n) is 4.89. The summed E-state index contributed by atoms with van der Waals surface area (Å²) < 4.78 is 7.13. The standard InChI is InChI=1S/C25H27N5O4/c1-16-5-4-8-29-20(17(2)27-24(16)29)22(31)19-21(18-6-3-7-26-15-18)30(25(33)23(19)32)10-9-28-11-13-34-14-12-28/h3-8,15,21,31H,9-14H2,1-2H3/b22-19+. The minimum atomic E-state index is -0.781. The summed E-state index contributed by atoms with van der Waals surface area (Å²) in [6.07, 6.45) is 5.00. The normalized spacial score (nSPS) is 21.0. The van der Waals surface area contributed by atoms with Gasteiger partial charge in [-0.05, 0) is 37.1 Å². The van der Waals surface area contributed by atoms with Crippen LogP contribution >= 0.6 is 0 Å². The van der Waals surface area contributed by atoms with E-state index < -0.39 is 23.5 Å². The number of aromatic nitrogens is 3. The van der Waals surface area contributed by atoms with Gasteiger partial charge in [0.2, 0.25) is 5.78 Å². The van der Waals surface area contributed by atoms with Crippen molar-refractivity contribution >= 4 is 23.1 Å². The van der Waals surface area contributed by atoms with Crippen molar-refractivity contribution in [3.05, 3.63) is 70.9 Å². The molecule has 2 fully saturated rings. The Labute approximate surface area is 197 Å². The average Bonchev–Trinajstić information content (AvgIpc) is 3.33. The van der Waals surface area contributed by atoms with Crippen molar-refractivity contribution in [1.29, 1.82) is 0 Å². The van der Waals surface area contributed by atoms with E-state index in [0.717, 1.165) is 18.7 Å². The van der Waals surface area contributed by atoms with Crippen LogP contribution in [-0.4, -0.2) is 70.4 Å². The highest BCUT2D eigenvalue weighted by molar-refractivity contribution is 6.46. The summed E-state index contributed by atoms with van der Waals surface area (Å²) in [7, 11) is 0. The summed E-state index contributed by atoms with van der Waals surface area (Å²) in [6, 6.07) is 6.52. The number of ether oxygens (including phenoxy) is 1. The van der Waals surface area contributed by atoms with Crippen molar-refractivity contribution in [3.8, 4) is 0 Å². The Morgan fingerprint density at radius 3 is 2.74 bits per heavy atom. The van der Waals surface area contributed by atoms with Gasteiger partial charge in [0.1, 0.15) is 18.7 Å². The Morgan fingerprint density at radius 1 is 1.21 bits per heavy atom. The highest BCUT2D eigenvalue weighted by Crippen LogP contribution is 2.38. The molecule has 5 rings (SSSR count). The number of carbonyl (C=O) groups is 2. The van der Waals surface area contributed by atoms with Gasteiger partial charge in [0.25, 0.3) is 5.91 Å². The van der Waals surface area contributed by atoms with E-state index in [9.17, 15) is 14.7 Å². The van der Waals surface area contributed by atoms with E-state index in [0.29, 0.717) is 48.9 Å². The molecule has 5 heterocycles. The maximum atomic E-state index is 13.9. The van der Waals surface area contributed by atoms with Gasteiger partial charge in [0.05, 0.1) is 43.7 Å². The SMILES string of the molecule is Cc1nc2c(C)cccn2c1/C([O-])=C1\C(=O)C(=O)N(CC[NH+]2CCOCC2)C1c1cccnc1. The van der Waals surface area contributed by atoms with Gasteiger partial charge in [-0.2, -0.15) is 0 Å². The lowest BCUT2D eigenvalue weighted by Gasteiger charge is -2.30. The highest BCUT2D eigenvalue weighted by Gasteiger charge is 2.45. The van der Waals surface area contributed by atoms with Crippen LogP contribution in [0.15, 0.2) is 48.4 Å². The van der Waals surface area contributed by atoms with Gasteiger partial charge in [-0.25, -0.2) is 4.98 Å². The molecule has 0 radical (unpaired) electrons. The van der Waals surface area contributed by atoms with E-state index in [1.807, 2.05) is 19.1 Å². The topological polar surface area (TPSA) is 104 Å². The predicted molar refractivity (Wildman–Crippen MR) is 122 cm³/mol. The Hall–Kier alpha value is -3.56. The molecule has 0 saturated carbocycles. The first kappa shape index (κ1) is 22.2. The quantitative estimate of drug-likeness (QED) is 0.312. The molecule has 1 N–H and O–H groups in total. The molecule has 9 nitrogen and oxygen atoms in total. The third kappa shape index (κ3) is 3.76. The third-order valence-electron chi connectivity index (χ3n) is 6.67. The molecule has 176 valence electrons. The number of morpholine rings is 1. The van der Waals surface area contributed by atoms with Crippen molar-refractivity contribution < 1.29 is 24.3 Å². The number of rotatable bonds is 5. The molecule has 0 spiro atoms. The van der Waals surface area contributed by atoms with Crippen molar-refractivity contribution in [1.82, 2.24) is 19.3 Å². The van der Waals surface area contributed by atoms with Crippen molar-refractivity contribution in [2.24, 2.45) is 0 Å². The number of hydrogen-bond acceptors (Lipinski definition) is 6. The second-order valence-electron chi connectivity index (χ2n) is 8.80. The van der Waals surface area contributed by atoms with Crippen LogP contribution in [-0.2, 0) is 14.3 Å². The number of aryl methyl sites for hydroxylation is 2. The largest absolute Gasteiger partial charge is 0.871 e. The number of nitrogens with zero attached hydrogens (tertiary/aromatic N) is 4. The maximum Gasteiger partial charge on any atom is 0.295 e. The van der Waals surface area contributed by atoms with Crippen LogP contribution in [0.4, 0.5) is 0 Å². The molecule has 1 atom stereocenters. The zero-order valence-corrected chi connectivity index (χ0v) is 19.3. The molecule has 9 heteroatoms. The molecule has 3 aromatic heterocycles. The van der Waals surface area contributed by atoms with Gasteiger partial charge in [0, 0.05) is 24.2 Å². The van der Waals surface area contributed by atoms with Crippen LogP contribution in [0.1, 0.15) is 28.6 Å². The van der Waals surface area contributed by atoms with E-state index in [-0.39, 0.29) is 5.57 Å². The van der Waals surface area contributed by atoms with Gasteiger partial charge in [0.15, 0.2) is 0 Å². The summed E-state index contributed by atoms with van der Waals surface area (Å²) in [4.78, 5) is 38.0. The van der Waals surface area contributed by atoms with E-state index in [2.05, 4.69) is 9.97 Å². The van der Waals surface area contributed by atoms with Crippen molar-refractivity contribution in [3.63, 3.8) is 0 Å². The number of fused-ring (bicyclic) bond motifs is 1. The number of quaternary nitrogens is 1. The molecule has 2 saturated heterocycles. The van der Waals surface area contributed by atoms with E-state index >= 15 is 0 Å². The first-order valence-electron chi connectivity index (χ1n) is 11.5. The Balaban J connectivity index is 1.61. The molecule has 2 aliphatic rings. The lowest BCUT2D eigenvalue weighted by molar-refractivity contribution is -0.907. The fraction of sp³-hybridized carbons (Fsp3) is 0.360. The first-order valence-corrected chi connectivity index (χ1v) is 11.5. The monoisotopic (exact) mass is 461 g/mol. The van der Waals surface area contributed by atoms with Gasteiger partial charge in [-0.1, -0.05) is 17.9 Å². The molecule has 2 aliphatic heterocycles. The molecule has 3 aromatic rings. The summed E-state index contributed by atoms with van der Waals surface area (Å²) in [6.45, 7) is 7.76. The summed E-state index contributed by atoms with van der Waals surface area (Å²) >= 11 is 0. The number of hydrogen-bond donors (Lipinski definition) is 1. The number of carbonyl (C=O) groups excluding carboxylic acids is 2. The van der Waals surface area contributed by atoms with Gasteiger partial charge >= 0.3 is 0 Å². The summed E-state index contributed by atoms with van der Waals surface area (Å²) in [5.41, 5.74) is 3.01. The van der Waals surface area contributed by atoms with Crippen molar-refractivity contribution in [2.75, 3.05) is 39.4 Å². The zero-order chi connectivity index (χ0) is 23.8. The van der Waals surface area contributed by atoms with Gasteiger partial charge in [-0.3, -0.25) is 14.6 Å². The van der Waals surface area contributed by atoms with Crippen LogP contribution in [0.5, 0.6) is 0 Å². The fourth-order valence-corrected chi connectivity index (χ4v) is 4.89. The molecule has 1 unspecified atom stereocenters. The molecule has 0 aromatic carbocycles. The van der Waals surface area contributed by atoms with Crippen LogP contribution in [0, 0.1) is 13.8 Å². The van der Waals surface area contributed by atoms with Crippen LogP contribution < -0.4 is 10.0 Å². The Kier molecular flexibility index (Phi) is 5.89. The lowest BCUT2D eigenvalue weighted by atomic mass is 9.97. The predicted octanol–water partition coefficient (Wildman–Crippen LogP) is -0.515. The zero-order valence-electron chi connectivity index (χ0n) is 19.3. The highest BCUT2D eigenvalue weighted by atomic mass is 16.5. The number of amides is 1. The second-order valence-corrected chi connectivity index (χ2v) is 8.80. The van der Waals surface area contributed by atoms with Gasteiger partial charge in [-0.15, -0.1) is 0 Å². The molecular formula is C25H27N5O4.